The van der Waals surface area contributed by atoms with Crippen LogP contribution in [-0.2, 0) is 14.3 Å². The molecule has 1 aromatic heterocycles. The van der Waals surface area contributed by atoms with Gasteiger partial charge in [-0.1, -0.05) is 0 Å². The van der Waals surface area contributed by atoms with Gasteiger partial charge in [-0.3, -0.25) is 4.79 Å². The van der Waals surface area contributed by atoms with E-state index < -0.39 is 30.1 Å². The Morgan fingerprint density at radius 2 is 1.85 bits per heavy atom. The molecule has 0 radical (unpaired) electrons. The van der Waals surface area contributed by atoms with Gasteiger partial charge in [0.2, 0.25) is 0 Å². The van der Waals surface area contributed by atoms with Gasteiger partial charge in [0.05, 0.1) is 0 Å². The normalized spacial score (nSPS) is 12.6. The van der Waals surface area contributed by atoms with Crippen LogP contribution in [0, 0.1) is 0 Å². The first-order chi connectivity index (χ1) is 12.6. The lowest BCUT2D eigenvalue weighted by atomic mass is 10.3. The summed E-state index contributed by atoms with van der Waals surface area (Å²) < 4.78 is 50.6. The van der Waals surface area contributed by atoms with E-state index in [1.807, 2.05) is 0 Å². The third-order valence-corrected chi connectivity index (χ3v) is 3.42. The van der Waals surface area contributed by atoms with Gasteiger partial charge in [0.25, 0.3) is 5.91 Å². The highest BCUT2D eigenvalue weighted by Crippen LogP contribution is 2.24. The highest BCUT2D eigenvalue weighted by atomic mass is 79.9. The summed E-state index contributed by atoms with van der Waals surface area (Å²) in [6, 6.07) is 7.81. The van der Waals surface area contributed by atoms with Crippen LogP contribution in [0.1, 0.15) is 12.7 Å². The first-order valence-electron chi connectivity index (χ1n) is 7.43. The Bertz CT molecular complexity index is 830. The number of halogens is 4. The fourth-order valence-electron chi connectivity index (χ4n) is 1.82. The second-order valence-corrected chi connectivity index (χ2v) is 5.90. The number of carbonyl (C=O) groups is 2. The lowest BCUT2D eigenvalue weighted by Gasteiger charge is -2.13. The van der Waals surface area contributed by atoms with Crippen molar-refractivity contribution >= 4 is 39.6 Å². The highest BCUT2D eigenvalue weighted by Gasteiger charge is 2.31. The van der Waals surface area contributed by atoms with Crippen LogP contribution < -0.4 is 10.1 Å². The second kappa shape index (κ2) is 8.76. The molecule has 0 aliphatic heterocycles. The van der Waals surface area contributed by atoms with E-state index in [4.69, 9.17) is 9.15 Å². The van der Waals surface area contributed by atoms with Crippen molar-refractivity contribution in [3.63, 3.8) is 0 Å². The molecule has 1 amide bonds. The van der Waals surface area contributed by atoms with E-state index in [1.54, 1.807) is 12.1 Å². The number of amides is 1. The first kappa shape index (κ1) is 20.6. The number of alkyl halides is 3. The predicted octanol–water partition coefficient (Wildman–Crippen LogP) is 4.52. The Labute approximate surface area is 160 Å². The van der Waals surface area contributed by atoms with Gasteiger partial charge in [0.1, 0.15) is 11.5 Å². The quantitative estimate of drug-likeness (QED) is 0.520. The number of hydrogen-bond acceptors (Lipinski definition) is 5. The van der Waals surface area contributed by atoms with Crippen molar-refractivity contribution in [2.75, 3.05) is 5.32 Å². The standard InChI is InChI=1S/C17H13BrF3NO5/c1-10(25-15(23)9-7-12-6-8-14(18)26-12)16(24)22-11-2-4-13(5-3-11)27-17(19,20)21/h2-10H,1H3,(H,22,24)/b9-7+. The van der Waals surface area contributed by atoms with Gasteiger partial charge < -0.3 is 19.2 Å². The molecule has 2 aromatic rings. The van der Waals surface area contributed by atoms with Gasteiger partial charge in [-0.15, -0.1) is 13.2 Å². The van der Waals surface area contributed by atoms with Crippen molar-refractivity contribution in [1.82, 2.24) is 0 Å². The van der Waals surface area contributed by atoms with E-state index in [0.717, 1.165) is 18.2 Å². The minimum absolute atomic E-state index is 0.216. The number of hydrogen-bond donors (Lipinski definition) is 1. The molecule has 0 spiro atoms. The average molecular weight is 448 g/mol. The molecule has 0 fully saturated rings. The van der Waals surface area contributed by atoms with E-state index in [-0.39, 0.29) is 5.69 Å². The summed E-state index contributed by atoms with van der Waals surface area (Å²) in [7, 11) is 0. The minimum Gasteiger partial charge on any atom is -0.450 e. The summed E-state index contributed by atoms with van der Waals surface area (Å²) in [6.07, 6.45) is -3.46. The number of benzene rings is 1. The van der Waals surface area contributed by atoms with Crippen LogP contribution in [-0.4, -0.2) is 24.3 Å². The third kappa shape index (κ3) is 7.18. The number of ether oxygens (including phenoxy) is 2. The number of esters is 1. The Morgan fingerprint density at radius 3 is 2.41 bits per heavy atom. The lowest BCUT2D eigenvalue weighted by molar-refractivity contribution is -0.274. The first-order valence-corrected chi connectivity index (χ1v) is 8.22. The molecule has 6 nitrogen and oxygen atoms in total. The zero-order valence-corrected chi connectivity index (χ0v) is 15.3. The molecule has 1 atom stereocenters. The molecule has 144 valence electrons. The lowest BCUT2D eigenvalue weighted by Crippen LogP contribution is -2.29. The SMILES string of the molecule is CC(OC(=O)/C=C/c1ccc(Br)o1)C(=O)Nc1ccc(OC(F)(F)F)cc1. The number of anilines is 1. The largest absolute Gasteiger partial charge is 0.573 e. The molecular weight excluding hydrogens is 435 g/mol. The molecule has 0 aliphatic carbocycles. The monoisotopic (exact) mass is 447 g/mol. The summed E-state index contributed by atoms with van der Waals surface area (Å²) in [5.41, 5.74) is 0.216. The van der Waals surface area contributed by atoms with Crippen LogP contribution in [0.3, 0.4) is 0 Å². The van der Waals surface area contributed by atoms with Crippen LogP contribution in [0.5, 0.6) is 5.75 Å². The van der Waals surface area contributed by atoms with E-state index in [9.17, 15) is 22.8 Å². The predicted molar refractivity (Wildman–Crippen MR) is 92.8 cm³/mol. The van der Waals surface area contributed by atoms with E-state index in [2.05, 4.69) is 26.0 Å². The summed E-state index contributed by atoms with van der Waals surface area (Å²) in [5, 5.41) is 2.41. The van der Waals surface area contributed by atoms with Gasteiger partial charge >= 0.3 is 12.3 Å². The fourth-order valence-corrected chi connectivity index (χ4v) is 2.14. The molecule has 1 unspecified atom stereocenters. The molecule has 0 saturated heterocycles. The number of furan rings is 1. The van der Waals surface area contributed by atoms with Crippen molar-refractivity contribution < 1.29 is 36.7 Å². The fraction of sp³-hybridized carbons (Fsp3) is 0.176. The topological polar surface area (TPSA) is 77.8 Å². The maximum atomic E-state index is 12.1. The van der Waals surface area contributed by atoms with E-state index in [0.29, 0.717) is 10.4 Å². The zero-order chi connectivity index (χ0) is 20.0. The van der Waals surface area contributed by atoms with Crippen molar-refractivity contribution in [2.24, 2.45) is 0 Å². The molecule has 0 aliphatic rings. The molecule has 1 heterocycles. The van der Waals surface area contributed by atoms with Crippen LogP contribution >= 0.6 is 15.9 Å². The van der Waals surface area contributed by atoms with Crippen molar-refractivity contribution in [2.45, 2.75) is 19.4 Å². The number of carbonyl (C=O) groups excluding carboxylic acids is 2. The number of nitrogens with one attached hydrogen (secondary N) is 1. The Balaban J connectivity index is 1.85. The number of rotatable bonds is 6. The van der Waals surface area contributed by atoms with Crippen LogP contribution in [0.25, 0.3) is 6.08 Å². The molecule has 1 N–H and O–H groups in total. The molecule has 0 saturated carbocycles. The van der Waals surface area contributed by atoms with E-state index >= 15 is 0 Å². The highest BCUT2D eigenvalue weighted by molar-refractivity contribution is 9.10. The van der Waals surface area contributed by atoms with Gasteiger partial charge in [0, 0.05) is 11.8 Å². The third-order valence-electron chi connectivity index (χ3n) is 3.00. The molecule has 27 heavy (non-hydrogen) atoms. The molecule has 0 bridgehead atoms. The Morgan fingerprint density at radius 1 is 1.19 bits per heavy atom. The smallest absolute Gasteiger partial charge is 0.450 e. The summed E-state index contributed by atoms with van der Waals surface area (Å²) in [4.78, 5) is 23.7. The Hall–Kier alpha value is -2.75. The van der Waals surface area contributed by atoms with Crippen molar-refractivity contribution in [1.29, 1.82) is 0 Å². The average Bonchev–Trinajstić information content (AvgIpc) is 2.99. The Kier molecular flexibility index (Phi) is 6.67. The van der Waals surface area contributed by atoms with E-state index in [1.165, 1.54) is 25.1 Å². The van der Waals surface area contributed by atoms with Crippen LogP contribution in [0.15, 0.2) is 51.6 Å². The summed E-state index contributed by atoms with van der Waals surface area (Å²) in [6.45, 7) is 1.35. The van der Waals surface area contributed by atoms with Gasteiger partial charge in [-0.25, -0.2) is 4.79 Å². The van der Waals surface area contributed by atoms with Gasteiger partial charge in [0.15, 0.2) is 10.8 Å². The maximum Gasteiger partial charge on any atom is 0.573 e. The van der Waals surface area contributed by atoms with Crippen molar-refractivity contribution in [3.05, 3.63) is 52.9 Å². The van der Waals surface area contributed by atoms with Crippen LogP contribution in [0.4, 0.5) is 18.9 Å². The summed E-state index contributed by atoms with van der Waals surface area (Å²) in [5.74, 6) is -1.42. The summed E-state index contributed by atoms with van der Waals surface area (Å²) >= 11 is 3.12. The van der Waals surface area contributed by atoms with Crippen LogP contribution in [0.2, 0.25) is 0 Å². The zero-order valence-electron chi connectivity index (χ0n) is 13.7. The maximum absolute atomic E-state index is 12.1. The molecule has 2 rings (SSSR count). The minimum atomic E-state index is -4.80. The van der Waals surface area contributed by atoms with Gasteiger partial charge in [-0.05, 0) is 65.3 Å². The molecular formula is C17H13BrF3NO5. The van der Waals surface area contributed by atoms with Gasteiger partial charge in [-0.2, -0.15) is 0 Å². The molecule has 10 heteroatoms. The molecule has 1 aromatic carbocycles. The van der Waals surface area contributed by atoms with Crippen molar-refractivity contribution in [3.8, 4) is 5.75 Å². The second-order valence-electron chi connectivity index (χ2n) is 5.12.